The summed E-state index contributed by atoms with van der Waals surface area (Å²) in [7, 11) is 0. The van der Waals surface area contributed by atoms with Gasteiger partial charge in [0.1, 0.15) is 11.4 Å². The van der Waals surface area contributed by atoms with Crippen LogP contribution >= 0.6 is 0 Å². The molecule has 1 aromatic heterocycles. The van der Waals surface area contributed by atoms with Crippen LogP contribution in [0.3, 0.4) is 0 Å². The molecule has 28 heavy (non-hydrogen) atoms. The molecule has 2 aliphatic heterocycles. The number of nitrogens with zero attached hydrogens (tertiary/aromatic N) is 4. The van der Waals surface area contributed by atoms with Gasteiger partial charge in [0.05, 0.1) is 0 Å². The van der Waals surface area contributed by atoms with Crippen molar-refractivity contribution in [2.45, 2.75) is 52.1 Å². The molecule has 0 bridgehead atoms. The van der Waals surface area contributed by atoms with Gasteiger partial charge in [0, 0.05) is 51.9 Å². The second-order valence-electron chi connectivity index (χ2n) is 8.56. The smallest absolute Gasteiger partial charge is 0.410 e. The predicted octanol–water partition coefficient (Wildman–Crippen LogP) is 2.69. The highest BCUT2D eigenvalue weighted by Gasteiger charge is 2.27. The van der Waals surface area contributed by atoms with Crippen LogP contribution in [0.2, 0.25) is 0 Å². The maximum atomic E-state index is 12.6. The number of anilines is 1. The first kappa shape index (κ1) is 20.4. The first-order valence-electron chi connectivity index (χ1n) is 10.3. The molecule has 3 rings (SSSR count). The Morgan fingerprint density at radius 3 is 2.32 bits per heavy atom. The van der Waals surface area contributed by atoms with Crippen LogP contribution < -0.4 is 4.90 Å². The summed E-state index contributed by atoms with van der Waals surface area (Å²) in [4.78, 5) is 35.0. The van der Waals surface area contributed by atoms with Crippen LogP contribution in [0.1, 0.15) is 45.6 Å². The van der Waals surface area contributed by atoms with Gasteiger partial charge in [0.2, 0.25) is 5.91 Å². The molecule has 7 heteroatoms. The summed E-state index contributed by atoms with van der Waals surface area (Å²) in [6, 6.07) is 4.10. The van der Waals surface area contributed by atoms with Crippen LogP contribution in [-0.4, -0.2) is 71.7 Å². The van der Waals surface area contributed by atoms with E-state index in [-0.39, 0.29) is 12.0 Å². The molecule has 7 nitrogen and oxygen atoms in total. The molecule has 2 fully saturated rings. The molecule has 154 valence electrons. The molecule has 2 amide bonds. The van der Waals surface area contributed by atoms with Crippen LogP contribution in [-0.2, 0) is 16.0 Å². The van der Waals surface area contributed by atoms with Gasteiger partial charge in [-0.15, -0.1) is 0 Å². The summed E-state index contributed by atoms with van der Waals surface area (Å²) >= 11 is 0. The Hall–Kier alpha value is -2.31. The fourth-order valence-electron chi connectivity index (χ4n) is 3.61. The van der Waals surface area contributed by atoms with E-state index in [0.717, 1.165) is 24.5 Å². The third-order valence-electron chi connectivity index (χ3n) is 5.15. The minimum absolute atomic E-state index is 0.142. The molecule has 0 aromatic carbocycles. The van der Waals surface area contributed by atoms with E-state index in [0.29, 0.717) is 39.0 Å². The van der Waals surface area contributed by atoms with Gasteiger partial charge >= 0.3 is 6.09 Å². The number of carbonyl (C=O) groups excluding carboxylic acids is 2. The van der Waals surface area contributed by atoms with Crippen LogP contribution in [0.5, 0.6) is 0 Å². The lowest BCUT2D eigenvalue weighted by atomic mass is 10.1. The summed E-state index contributed by atoms with van der Waals surface area (Å²) in [5, 5.41) is 0. The van der Waals surface area contributed by atoms with Gasteiger partial charge in [0.15, 0.2) is 0 Å². The first-order chi connectivity index (χ1) is 13.3. The van der Waals surface area contributed by atoms with E-state index >= 15 is 0 Å². The number of ether oxygens (including phenoxy) is 1. The molecule has 2 saturated heterocycles. The molecular formula is C21H32N4O3. The van der Waals surface area contributed by atoms with Crippen molar-refractivity contribution in [3.8, 4) is 0 Å². The number of piperazine rings is 1. The van der Waals surface area contributed by atoms with Crippen molar-refractivity contribution in [1.29, 1.82) is 0 Å². The van der Waals surface area contributed by atoms with E-state index in [2.05, 4.69) is 16.0 Å². The zero-order valence-corrected chi connectivity index (χ0v) is 17.3. The highest BCUT2D eigenvalue weighted by molar-refractivity contribution is 5.77. The average molecular weight is 389 g/mol. The van der Waals surface area contributed by atoms with Crippen molar-refractivity contribution in [2.24, 2.45) is 0 Å². The maximum Gasteiger partial charge on any atom is 0.410 e. The number of hydrogen-bond acceptors (Lipinski definition) is 5. The Bertz CT molecular complexity index is 687. The van der Waals surface area contributed by atoms with E-state index in [1.165, 1.54) is 12.8 Å². The SMILES string of the molecule is CC(C)(C)OC(=O)N1CCN(C(=O)CCc2ccnc(N3CCCC3)c2)CC1. The molecule has 0 radical (unpaired) electrons. The molecule has 0 saturated carbocycles. The Balaban J connectivity index is 1.45. The monoisotopic (exact) mass is 388 g/mol. The quantitative estimate of drug-likeness (QED) is 0.793. The van der Waals surface area contributed by atoms with Crippen molar-refractivity contribution < 1.29 is 14.3 Å². The van der Waals surface area contributed by atoms with Gasteiger partial charge in [-0.2, -0.15) is 0 Å². The second-order valence-corrected chi connectivity index (χ2v) is 8.56. The average Bonchev–Trinajstić information content (AvgIpc) is 3.20. The van der Waals surface area contributed by atoms with Crippen LogP contribution in [0.4, 0.5) is 10.6 Å². The van der Waals surface area contributed by atoms with E-state index < -0.39 is 5.60 Å². The number of carbonyl (C=O) groups is 2. The van der Waals surface area contributed by atoms with Crippen LogP contribution in [0.25, 0.3) is 0 Å². The largest absolute Gasteiger partial charge is 0.444 e. The van der Waals surface area contributed by atoms with Gasteiger partial charge in [-0.3, -0.25) is 4.79 Å². The van der Waals surface area contributed by atoms with Crippen LogP contribution in [0, 0.1) is 0 Å². The van der Waals surface area contributed by atoms with Gasteiger partial charge in [0.25, 0.3) is 0 Å². The summed E-state index contributed by atoms with van der Waals surface area (Å²) in [5.74, 6) is 1.16. The summed E-state index contributed by atoms with van der Waals surface area (Å²) in [6.07, 6.45) is 5.18. The molecule has 0 atom stereocenters. The predicted molar refractivity (Wildman–Crippen MR) is 108 cm³/mol. The Morgan fingerprint density at radius 1 is 1.04 bits per heavy atom. The minimum atomic E-state index is -0.498. The van der Waals surface area contributed by atoms with Crippen molar-refractivity contribution in [3.05, 3.63) is 23.9 Å². The summed E-state index contributed by atoms with van der Waals surface area (Å²) < 4.78 is 5.41. The van der Waals surface area contributed by atoms with Gasteiger partial charge in [-0.05, 0) is 57.7 Å². The maximum absolute atomic E-state index is 12.6. The number of aryl methyl sites for hydroxylation is 1. The third-order valence-corrected chi connectivity index (χ3v) is 5.15. The summed E-state index contributed by atoms with van der Waals surface area (Å²) in [6.45, 7) is 9.89. The van der Waals surface area contributed by atoms with E-state index in [1.807, 2.05) is 37.9 Å². The first-order valence-corrected chi connectivity index (χ1v) is 10.3. The number of pyridine rings is 1. The highest BCUT2D eigenvalue weighted by atomic mass is 16.6. The highest BCUT2D eigenvalue weighted by Crippen LogP contribution is 2.19. The molecule has 2 aliphatic rings. The fourth-order valence-corrected chi connectivity index (χ4v) is 3.61. The number of aromatic nitrogens is 1. The minimum Gasteiger partial charge on any atom is -0.444 e. The molecule has 0 unspecified atom stereocenters. The standard InChI is InChI=1S/C21H32N4O3/c1-21(2,3)28-20(27)25-14-12-24(13-15-25)19(26)7-6-17-8-9-22-18(16-17)23-10-4-5-11-23/h8-9,16H,4-7,10-15H2,1-3H3. The number of amides is 2. The van der Waals surface area contributed by atoms with Crippen molar-refractivity contribution in [1.82, 2.24) is 14.8 Å². The molecule has 0 N–H and O–H groups in total. The van der Waals surface area contributed by atoms with E-state index in [9.17, 15) is 9.59 Å². The number of hydrogen-bond donors (Lipinski definition) is 0. The topological polar surface area (TPSA) is 66.0 Å². The van der Waals surface area contributed by atoms with Gasteiger partial charge in [-0.1, -0.05) is 0 Å². The lowest BCUT2D eigenvalue weighted by Gasteiger charge is -2.35. The fraction of sp³-hybridized carbons (Fsp3) is 0.667. The Kier molecular flexibility index (Phi) is 6.42. The van der Waals surface area contributed by atoms with E-state index in [4.69, 9.17) is 4.74 Å². The van der Waals surface area contributed by atoms with Gasteiger partial charge < -0.3 is 19.4 Å². The van der Waals surface area contributed by atoms with Crippen LogP contribution in [0.15, 0.2) is 18.3 Å². The molecular weight excluding hydrogens is 356 g/mol. The lowest BCUT2D eigenvalue weighted by Crippen LogP contribution is -2.51. The summed E-state index contributed by atoms with van der Waals surface area (Å²) in [5.41, 5.74) is 0.653. The van der Waals surface area contributed by atoms with Crippen molar-refractivity contribution in [3.63, 3.8) is 0 Å². The Morgan fingerprint density at radius 2 is 1.68 bits per heavy atom. The van der Waals surface area contributed by atoms with Crippen molar-refractivity contribution >= 4 is 17.8 Å². The molecule has 3 heterocycles. The van der Waals surface area contributed by atoms with Gasteiger partial charge in [-0.25, -0.2) is 9.78 Å². The number of rotatable bonds is 4. The van der Waals surface area contributed by atoms with E-state index in [1.54, 1.807) is 4.90 Å². The molecule has 0 aliphatic carbocycles. The lowest BCUT2D eigenvalue weighted by molar-refractivity contribution is -0.132. The second kappa shape index (κ2) is 8.80. The van der Waals surface area contributed by atoms with Crippen molar-refractivity contribution in [2.75, 3.05) is 44.2 Å². The Labute approximate surface area is 167 Å². The molecule has 1 aromatic rings. The normalized spacial score (nSPS) is 17.8. The zero-order valence-electron chi connectivity index (χ0n) is 17.3. The third kappa shape index (κ3) is 5.59. The zero-order chi connectivity index (χ0) is 20.1. The molecule has 0 spiro atoms.